The molecule has 120 valence electrons. The lowest BCUT2D eigenvalue weighted by molar-refractivity contribution is -0.140. The summed E-state index contributed by atoms with van der Waals surface area (Å²) in [4.78, 5) is 2.26. The molecule has 0 spiro atoms. The van der Waals surface area contributed by atoms with Gasteiger partial charge in [0, 0.05) is 19.6 Å². The third-order valence-electron chi connectivity index (χ3n) is 3.26. The standard InChI is InChI=1S/C15H22F4N2/c1-3-8-21(4-2)9-7-20-11-12-5-6-14(16)13(10-12)15(17,18)19/h5-6,10,20H,3-4,7-9,11H2,1-2H3. The van der Waals surface area contributed by atoms with E-state index in [9.17, 15) is 17.6 Å². The quantitative estimate of drug-likeness (QED) is 0.582. The van der Waals surface area contributed by atoms with E-state index in [0.717, 1.165) is 38.2 Å². The van der Waals surface area contributed by atoms with Crippen LogP contribution in [-0.2, 0) is 12.7 Å². The van der Waals surface area contributed by atoms with Crippen LogP contribution in [0.1, 0.15) is 31.4 Å². The smallest absolute Gasteiger partial charge is 0.311 e. The van der Waals surface area contributed by atoms with Crippen LogP contribution in [0.2, 0.25) is 0 Å². The van der Waals surface area contributed by atoms with Crippen molar-refractivity contribution in [3.8, 4) is 0 Å². The molecule has 0 saturated heterocycles. The molecule has 0 bridgehead atoms. The van der Waals surface area contributed by atoms with Crippen LogP contribution in [0.4, 0.5) is 17.6 Å². The van der Waals surface area contributed by atoms with Crippen LogP contribution in [0.15, 0.2) is 18.2 Å². The van der Waals surface area contributed by atoms with Crippen LogP contribution < -0.4 is 5.32 Å². The Hall–Kier alpha value is -1.14. The maximum Gasteiger partial charge on any atom is 0.419 e. The summed E-state index contributed by atoms with van der Waals surface area (Å²) >= 11 is 0. The van der Waals surface area contributed by atoms with E-state index in [0.29, 0.717) is 18.7 Å². The van der Waals surface area contributed by atoms with Crippen molar-refractivity contribution in [3.63, 3.8) is 0 Å². The van der Waals surface area contributed by atoms with Crippen LogP contribution in [0, 0.1) is 5.82 Å². The first kappa shape index (κ1) is 17.9. The maximum atomic E-state index is 13.1. The molecule has 0 aliphatic heterocycles. The van der Waals surface area contributed by atoms with Crippen LogP contribution in [0.5, 0.6) is 0 Å². The van der Waals surface area contributed by atoms with Gasteiger partial charge in [0.2, 0.25) is 0 Å². The maximum absolute atomic E-state index is 13.1. The van der Waals surface area contributed by atoms with Crippen molar-refractivity contribution in [1.82, 2.24) is 10.2 Å². The van der Waals surface area contributed by atoms with Crippen molar-refractivity contribution in [3.05, 3.63) is 35.1 Å². The number of halogens is 4. The highest BCUT2D eigenvalue weighted by Gasteiger charge is 2.34. The number of hydrogen-bond acceptors (Lipinski definition) is 2. The minimum atomic E-state index is -4.65. The fraction of sp³-hybridized carbons (Fsp3) is 0.600. The molecule has 0 unspecified atom stereocenters. The molecule has 0 aliphatic carbocycles. The molecule has 1 rings (SSSR count). The molecule has 0 aromatic heterocycles. The number of hydrogen-bond donors (Lipinski definition) is 1. The summed E-state index contributed by atoms with van der Waals surface area (Å²) in [6.45, 7) is 7.97. The number of benzene rings is 1. The predicted molar refractivity (Wildman–Crippen MR) is 75.5 cm³/mol. The van der Waals surface area contributed by atoms with Gasteiger partial charge in [0.05, 0.1) is 5.56 Å². The molecule has 21 heavy (non-hydrogen) atoms. The normalized spacial score (nSPS) is 12.1. The lowest BCUT2D eigenvalue weighted by atomic mass is 10.1. The van der Waals surface area contributed by atoms with E-state index >= 15 is 0 Å². The molecule has 1 N–H and O–H groups in total. The summed E-state index contributed by atoms with van der Waals surface area (Å²) in [6.07, 6.45) is -3.58. The summed E-state index contributed by atoms with van der Waals surface area (Å²) < 4.78 is 50.9. The van der Waals surface area contributed by atoms with Crippen molar-refractivity contribution in [1.29, 1.82) is 0 Å². The van der Waals surface area contributed by atoms with Gasteiger partial charge in [-0.25, -0.2) is 4.39 Å². The highest BCUT2D eigenvalue weighted by molar-refractivity contribution is 5.27. The Morgan fingerprint density at radius 1 is 1.14 bits per heavy atom. The number of rotatable bonds is 8. The number of likely N-dealkylation sites (N-methyl/N-ethyl adjacent to an activating group) is 1. The second kappa shape index (κ2) is 8.34. The Balaban J connectivity index is 2.49. The fourth-order valence-corrected chi connectivity index (χ4v) is 2.11. The van der Waals surface area contributed by atoms with Crippen molar-refractivity contribution in [2.24, 2.45) is 0 Å². The average Bonchev–Trinajstić information content (AvgIpc) is 2.42. The topological polar surface area (TPSA) is 15.3 Å². The van der Waals surface area contributed by atoms with Crippen molar-refractivity contribution >= 4 is 0 Å². The van der Waals surface area contributed by atoms with Crippen LogP contribution in [0.3, 0.4) is 0 Å². The van der Waals surface area contributed by atoms with Crippen LogP contribution in [0.25, 0.3) is 0 Å². The lowest BCUT2D eigenvalue weighted by Crippen LogP contribution is -2.32. The molecular formula is C15H22F4N2. The Labute approximate surface area is 123 Å². The van der Waals surface area contributed by atoms with Crippen LogP contribution >= 0.6 is 0 Å². The van der Waals surface area contributed by atoms with E-state index < -0.39 is 17.6 Å². The summed E-state index contributed by atoms with van der Waals surface area (Å²) in [5, 5.41) is 3.09. The lowest BCUT2D eigenvalue weighted by Gasteiger charge is -2.19. The largest absolute Gasteiger partial charge is 0.419 e. The van der Waals surface area contributed by atoms with Gasteiger partial charge in [-0.05, 0) is 37.2 Å². The van der Waals surface area contributed by atoms with Crippen molar-refractivity contribution < 1.29 is 17.6 Å². The molecular weight excluding hydrogens is 284 g/mol. The van der Waals surface area contributed by atoms with Gasteiger partial charge in [-0.3, -0.25) is 0 Å². The molecule has 1 aromatic carbocycles. The van der Waals surface area contributed by atoms with Crippen LogP contribution in [-0.4, -0.2) is 31.1 Å². The van der Waals surface area contributed by atoms with Crippen molar-refractivity contribution in [2.75, 3.05) is 26.2 Å². The highest BCUT2D eigenvalue weighted by atomic mass is 19.4. The molecule has 0 fully saturated rings. The minimum absolute atomic E-state index is 0.299. The molecule has 0 heterocycles. The zero-order valence-corrected chi connectivity index (χ0v) is 12.4. The Bertz CT molecular complexity index is 432. The molecule has 6 heteroatoms. The Morgan fingerprint density at radius 2 is 1.86 bits per heavy atom. The molecule has 0 saturated carbocycles. The first-order valence-electron chi connectivity index (χ1n) is 7.17. The predicted octanol–water partition coefficient (Wildman–Crippen LogP) is 3.67. The second-order valence-electron chi connectivity index (χ2n) is 4.92. The van der Waals surface area contributed by atoms with Gasteiger partial charge in [-0.2, -0.15) is 13.2 Å². The highest BCUT2D eigenvalue weighted by Crippen LogP contribution is 2.31. The van der Waals surface area contributed by atoms with E-state index in [1.807, 2.05) is 0 Å². The van der Waals surface area contributed by atoms with Gasteiger partial charge in [0.1, 0.15) is 5.82 Å². The van der Waals surface area contributed by atoms with E-state index in [1.165, 1.54) is 6.07 Å². The summed E-state index contributed by atoms with van der Waals surface area (Å²) in [5.41, 5.74) is -0.773. The second-order valence-corrected chi connectivity index (χ2v) is 4.92. The fourth-order valence-electron chi connectivity index (χ4n) is 2.11. The van der Waals surface area contributed by atoms with E-state index in [1.54, 1.807) is 0 Å². The number of nitrogens with zero attached hydrogens (tertiary/aromatic N) is 1. The average molecular weight is 306 g/mol. The third-order valence-corrected chi connectivity index (χ3v) is 3.26. The van der Waals surface area contributed by atoms with Gasteiger partial charge in [0.15, 0.2) is 0 Å². The summed E-state index contributed by atoms with van der Waals surface area (Å²) in [7, 11) is 0. The van der Waals surface area contributed by atoms with Gasteiger partial charge in [-0.15, -0.1) is 0 Å². The number of nitrogens with one attached hydrogen (secondary N) is 1. The summed E-state index contributed by atoms with van der Waals surface area (Å²) in [6, 6.07) is 3.11. The first-order valence-corrected chi connectivity index (χ1v) is 7.17. The molecule has 1 aromatic rings. The van der Waals surface area contributed by atoms with Gasteiger partial charge in [-0.1, -0.05) is 19.9 Å². The number of alkyl halides is 3. The molecule has 0 amide bonds. The first-order chi connectivity index (χ1) is 9.88. The minimum Gasteiger partial charge on any atom is -0.311 e. The van der Waals surface area contributed by atoms with E-state index in [2.05, 4.69) is 24.1 Å². The Kier molecular flexibility index (Phi) is 7.11. The van der Waals surface area contributed by atoms with E-state index in [-0.39, 0.29) is 0 Å². The monoisotopic (exact) mass is 306 g/mol. The molecule has 0 atom stereocenters. The van der Waals surface area contributed by atoms with E-state index in [4.69, 9.17) is 0 Å². The zero-order valence-electron chi connectivity index (χ0n) is 12.4. The zero-order chi connectivity index (χ0) is 15.9. The van der Waals surface area contributed by atoms with Crippen molar-refractivity contribution in [2.45, 2.75) is 33.0 Å². The molecule has 0 aliphatic rings. The Morgan fingerprint density at radius 3 is 2.43 bits per heavy atom. The SMILES string of the molecule is CCCN(CC)CCNCc1ccc(F)c(C(F)(F)F)c1. The molecule has 2 nitrogen and oxygen atoms in total. The summed E-state index contributed by atoms with van der Waals surface area (Å²) in [5.74, 6) is -1.23. The van der Waals surface area contributed by atoms with Gasteiger partial charge < -0.3 is 10.2 Å². The molecule has 0 radical (unpaired) electrons. The van der Waals surface area contributed by atoms with Gasteiger partial charge >= 0.3 is 6.18 Å². The van der Waals surface area contributed by atoms with Gasteiger partial charge in [0.25, 0.3) is 0 Å². The third kappa shape index (κ3) is 6.01.